The van der Waals surface area contributed by atoms with Crippen LogP contribution in [0.15, 0.2) is 17.0 Å². The number of carboxylic acids is 1. The lowest BCUT2D eigenvalue weighted by atomic mass is 10.1. The summed E-state index contributed by atoms with van der Waals surface area (Å²) in [7, 11) is -2.47. The van der Waals surface area contributed by atoms with E-state index in [-0.39, 0.29) is 27.7 Å². The standard InChI is InChI=1S/C13H18ClNO5S/c1-8-10(12(16)17)5-9(14)6-11(8)21(18,19)15-13(2,3)7-20-4/h5-6,15H,7H2,1-4H3,(H,16,17). The van der Waals surface area contributed by atoms with Gasteiger partial charge in [0.15, 0.2) is 0 Å². The molecule has 0 heterocycles. The number of methoxy groups -OCH3 is 1. The maximum atomic E-state index is 12.5. The summed E-state index contributed by atoms with van der Waals surface area (Å²) < 4.78 is 32.3. The number of hydrogen-bond donors (Lipinski definition) is 2. The molecule has 0 unspecified atom stereocenters. The van der Waals surface area contributed by atoms with E-state index in [0.29, 0.717) is 0 Å². The zero-order valence-corrected chi connectivity index (χ0v) is 13.8. The Balaban J connectivity index is 3.36. The van der Waals surface area contributed by atoms with E-state index in [4.69, 9.17) is 21.4 Å². The molecule has 1 aromatic carbocycles. The van der Waals surface area contributed by atoms with E-state index in [2.05, 4.69) is 4.72 Å². The average molecular weight is 336 g/mol. The SMILES string of the molecule is COCC(C)(C)NS(=O)(=O)c1cc(Cl)cc(C(=O)O)c1C. The number of halogens is 1. The van der Waals surface area contributed by atoms with E-state index in [1.807, 2.05) is 0 Å². The molecule has 0 aliphatic carbocycles. The summed E-state index contributed by atoms with van der Waals surface area (Å²) in [5.74, 6) is -1.23. The number of rotatable bonds is 6. The van der Waals surface area contributed by atoms with Crippen molar-refractivity contribution >= 4 is 27.6 Å². The van der Waals surface area contributed by atoms with Gasteiger partial charge < -0.3 is 9.84 Å². The Hall–Kier alpha value is -1.15. The zero-order chi connectivity index (χ0) is 16.4. The van der Waals surface area contributed by atoms with Gasteiger partial charge in [-0.25, -0.2) is 17.9 Å². The molecule has 6 nitrogen and oxygen atoms in total. The molecule has 0 atom stereocenters. The number of benzene rings is 1. The second-order valence-corrected chi connectivity index (χ2v) is 7.39. The maximum Gasteiger partial charge on any atom is 0.336 e. The molecule has 0 aliphatic rings. The van der Waals surface area contributed by atoms with Crippen LogP contribution in [0.25, 0.3) is 0 Å². The van der Waals surface area contributed by atoms with Gasteiger partial charge >= 0.3 is 5.97 Å². The minimum atomic E-state index is -3.93. The van der Waals surface area contributed by atoms with E-state index in [9.17, 15) is 13.2 Å². The summed E-state index contributed by atoms with van der Waals surface area (Å²) >= 11 is 5.82. The number of sulfonamides is 1. The minimum Gasteiger partial charge on any atom is -0.478 e. The molecule has 0 aliphatic heterocycles. The lowest BCUT2D eigenvalue weighted by molar-refractivity contribution is 0.0696. The van der Waals surface area contributed by atoms with Crippen LogP contribution < -0.4 is 4.72 Å². The van der Waals surface area contributed by atoms with Gasteiger partial charge in [-0.3, -0.25) is 0 Å². The first kappa shape index (κ1) is 17.9. The highest BCUT2D eigenvalue weighted by Crippen LogP contribution is 2.25. The molecule has 0 fully saturated rings. The van der Waals surface area contributed by atoms with Crippen molar-refractivity contribution in [1.29, 1.82) is 0 Å². The average Bonchev–Trinajstić information content (AvgIpc) is 2.29. The van der Waals surface area contributed by atoms with E-state index in [0.717, 1.165) is 0 Å². The van der Waals surface area contributed by atoms with Crippen molar-refractivity contribution < 1.29 is 23.1 Å². The van der Waals surface area contributed by atoms with E-state index >= 15 is 0 Å². The van der Waals surface area contributed by atoms with Gasteiger partial charge in [0.25, 0.3) is 0 Å². The molecule has 0 radical (unpaired) electrons. The van der Waals surface area contributed by atoms with Crippen LogP contribution in [0.2, 0.25) is 5.02 Å². The summed E-state index contributed by atoms with van der Waals surface area (Å²) in [5.41, 5.74) is -0.855. The highest BCUT2D eigenvalue weighted by molar-refractivity contribution is 7.89. The van der Waals surface area contributed by atoms with Crippen LogP contribution >= 0.6 is 11.6 Å². The van der Waals surface area contributed by atoms with Gasteiger partial charge in [0, 0.05) is 12.1 Å². The Bertz CT molecular complexity index is 655. The van der Waals surface area contributed by atoms with Gasteiger partial charge in [0.2, 0.25) is 10.0 Å². The maximum absolute atomic E-state index is 12.5. The molecule has 1 rings (SSSR count). The topological polar surface area (TPSA) is 92.7 Å². The normalized spacial score (nSPS) is 12.4. The molecule has 118 valence electrons. The first-order valence-electron chi connectivity index (χ1n) is 6.06. The number of aromatic carboxylic acids is 1. The quantitative estimate of drug-likeness (QED) is 0.830. The summed E-state index contributed by atoms with van der Waals surface area (Å²) in [6.07, 6.45) is 0. The Morgan fingerprint density at radius 2 is 2.00 bits per heavy atom. The van der Waals surface area contributed by atoms with E-state index in [1.165, 1.54) is 26.2 Å². The minimum absolute atomic E-state index is 0.0444. The van der Waals surface area contributed by atoms with Crippen LogP contribution in [-0.2, 0) is 14.8 Å². The van der Waals surface area contributed by atoms with Crippen LogP contribution in [-0.4, -0.2) is 38.7 Å². The Morgan fingerprint density at radius 1 is 1.43 bits per heavy atom. The third kappa shape index (κ3) is 4.41. The van der Waals surface area contributed by atoms with Crippen LogP contribution in [0.3, 0.4) is 0 Å². The number of carboxylic acid groups (broad SMARTS) is 1. The first-order valence-corrected chi connectivity index (χ1v) is 7.92. The fraction of sp³-hybridized carbons (Fsp3) is 0.462. The van der Waals surface area contributed by atoms with Gasteiger partial charge in [0.1, 0.15) is 0 Å². The van der Waals surface area contributed by atoms with Gasteiger partial charge in [-0.15, -0.1) is 0 Å². The Labute approximate surface area is 129 Å². The van der Waals surface area contributed by atoms with Crippen molar-refractivity contribution in [2.75, 3.05) is 13.7 Å². The zero-order valence-electron chi connectivity index (χ0n) is 12.2. The summed E-state index contributed by atoms with van der Waals surface area (Å²) in [4.78, 5) is 11.0. The number of ether oxygens (including phenoxy) is 1. The molecule has 21 heavy (non-hydrogen) atoms. The third-order valence-corrected chi connectivity index (χ3v) is 4.80. The largest absolute Gasteiger partial charge is 0.478 e. The highest BCUT2D eigenvalue weighted by atomic mass is 35.5. The fourth-order valence-electron chi connectivity index (χ4n) is 1.96. The van der Waals surface area contributed by atoms with Crippen molar-refractivity contribution in [3.63, 3.8) is 0 Å². The second-order valence-electron chi connectivity index (χ2n) is 5.30. The van der Waals surface area contributed by atoms with Crippen molar-refractivity contribution in [2.24, 2.45) is 0 Å². The van der Waals surface area contributed by atoms with Crippen molar-refractivity contribution in [1.82, 2.24) is 4.72 Å². The number of nitrogens with one attached hydrogen (secondary N) is 1. The molecule has 8 heteroatoms. The smallest absolute Gasteiger partial charge is 0.336 e. The first-order chi connectivity index (χ1) is 9.50. The Morgan fingerprint density at radius 3 is 2.48 bits per heavy atom. The van der Waals surface area contributed by atoms with Crippen LogP contribution in [0.5, 0.6) is 0 Å². The molecule has 0 spiro atoms. The molecule has 0 saturated carbocycles. The van der Waals surface area contributed by atoms with Crippen LogP contribution in [0.1, 0.15) is 29.8 Å². The molecule has 1 aromatic rings. The van der Waals surface area contributed by atoms with Gasteiger partial charge in [-0.05, 0) is 38.5 Å². The van der Waals surface area contributed by atoms with Crippen LogP contribution in [0.4, 0.5) is 0 Å². The van der Waals surface area contributed by atoms with E-state index in [1.54, 1.807) is 13.8 Å². The predicted molar refractivity (Wildman–Crippen MR) is 79.4 cm³/mol. The highest BCUT2D eigenvalue weighted by Gasteiger charge is 2.29. The molecular formula is C13H18ClNO5S. The third-order valence-electron chi connectivity index (χ3n) is 2.76. The van der Waals surface area contributed by atoms with Gasteiger partial charge in [-0.2, -0.15) is 0 Å². The predicted octanol–water partition coefficient (Wildman–Crippen LogP) is 2.05. The molecule has 0 bridgehead atoms. The summed E-state index contributed by atoms with van der Waals surface area (Å²) in [6, 6.07) is 2.45. The van der Waals surface area contributed by atoms with Crippen molar-refractivity contribution in [3.05, 3.63) is 28.3 Å². The van der Waals surface area contributed by atoms with Crippen molar-refractivity contribution in [3.8, 4) is 0 Å². The molecule has 0 amide bonds. The number of hydrogen-bond acceptors (Lipinski definition) is 4. The summed E-state index contributed by atoms with van der Waals surface area (Å²) in [6.45, 7) is 4.91. The monoisotopic (exact) mass is 335 g/mol. The molecule has 0 aromatic heterocycles. The lowest BCUT2D eigenvalue weighted by Crippen LogP contribution is -2.46. The summed E-state index contributed by atoms with van der Waals surface area (Å²) in [5, 5.41) is 9.15. The molecule has 0 saturated heterocycles. The second kappa shape index (κ2) is 6.31. The van der Waals surface area contributed by atoms with Gasteiger partial charge in [-0.1, -0.05) is 11.6 Å². The fourth-order valence-corrected chi connectivity index (χ4v) is 3.94. The van der Waals surface area contributed by atoms with E-state index < -0.39 is 21.5 Å². The Kier molecular flexibility index (Phi) is 5.38. The van der Waals surface area contributed by atoms with Gasteiger partial charge in [0.05, 0.1) is 22.6 Å². The van der Waals surface area contributed by atoms with Crippen LogP contribution in [0, 0.1) is 6.92 Å². The molecular weight excluding hydrogens is 318 g/mol. The molecule has 2 N–H and O–H groups in total. The lowest BCUT2D eigenvalue weighted by Gasteiger charge is -2.25. The number of carbonyl (C=O) groups is 1. The van der Waals surface area contributed by atoms with Crippen molar-refractivity contribution in [2.45, 2.75) is 31.2 Å².